The van der Waals surface area contributed by atoms with Gasteiger partial charge in [-0.2, -0.15) is 0 Å². The maximum atomic E-state index is 11.7. The SMILES string of the molecule is COCCC1(CNC(=O)c2cccs2)CC1. The zero-order valence-electron chi connectivity index (χ0n) is 9.49. The molecule has 0 aliphatic heterocycles. The van der Waals surface area contributed by atoms with Crippen molar-refractivity contribution in [3.8, 4) is 0 Å². The van der Waals surface area contributed by atoms with E-state index in [9.17, 15) is 4.79 Å². The van der Waals surface area contributed by atoms with E-state index in [0.29, 0.717) is 5.41 Å². The van der Waals surface area contributed by atoms with Gasteiger partial charge in [0.2, 0.25) is 0 Å². The molecule has 1 saturated carbocycles. The maximum Gasteiger partial charge on any atom is 0.261 e. The Kier molecular flexibility index (Phi) is 3.61. The summed E-state index contributed by atoms with van der Waals surface area (Å²) in [4.78, 5) is 12.5. The number of methoxy groups -OCH3 is 1. The summed E-state index contributed by atoms with van der Waals surface area (Å²) >= 11 is 1.48. The highest BCUT2D eigenvalue weighted by molar-refractivity contribution is 7.12. The molecule has 16 heavy (non-hydrogen) atoms. The van der Waals surface area contributed by atoms with E-state index in [4.69, 9.17) is 4.74 Å². The fourth-order valence-corrected chi connectivity index (χ4v) is 2.41. The Morgan fingerprint density at radius 2 is 2.44 bits per heavy atom. The van der Waals surface area contributed by atoms with Crippen molar-refractivity contribution < 1.29 is 9.53 Å². The van der Waals surface area contributed by atoms with Gasteiger partial charge in [0.05, 0.1) is 4.88 Å². The molecule has 2 rings (SSSR count). The van der Waals surface area contributed by atoms with Gasteiger partial charge in [-0.1, -0.05) is 6.07 Å². The van der Waals surface area contributed by atoms with Crippen LogP contribution in [0.15, 0.2) is 17.5 Å². The number of thiophene rings is 1. The third-order valence-electron chi connectivity index (χ3n) is 3.16. The van der Waals surface area contributed by atoms with Crippen LogP contribution < -0.4 is 5.32 Å². The predicted octanol–water partition coefficient (Wildman–Crippen LogP) is 2.29. The molecule has 0 aromatic carbocycles. The molecule has 1 fully saturated rings. The normalized spacial score (nSPS) is 17.1. The molecule has 1 aliphatic rings. The molecule has 0 radical (unpaired) electrons. The average Bonchev–Trinajstić information content (AvgIpc) is 2.85. The third-order valence-corrected chi connectivity index (χ3v) is 4.03. The summed E-state index contributed by atoms with van der Waals surface area (Å²) in [5, 5.41) is 4.94. The van der Waals surface area contributed by atoms with Gasteiger partial charge in [0.25, 0.3) is 5.91 Å². The first-order chi connectivity index (χ1) is 7.76. The number of hydrogen-bond donors (Lipinski definition) is 1. The molecule has 1 aromatic rings. The van der Waals surface area contributed by atoms with Crippen molar-refractivity contribution in [1.82, 2.24) is 5.32 Å². The van der Waals surface area contributed by atoms with Gasteiger partial charge in [0, 0.05) is 20.3 Å². The first-order valence-electron chi connectivity index (χ1n) is 5.56. The number of carbonyl (C=O) groups excluding carboxylic acids is 1. The van der Waals surface area contributed by atoms with E-state index in [2.05, 4.69) is 5.32 Å². The highest BCUT2D eigenvalue weighted by Crippen LogP contribution is 2.48. The fraction of sp³-hybridized carbons (Fsp3) is 0.583. The minimum absolute atomic E-state index is 0.0543. The quantitative estimate of drug-likeness (QED) is 0.827. The lowest BCUT2D eigenvalue weighted by atomic mass is 10.0. The second-order valence-electron chi connectivity index (χ2n) is 4.40. The maximum absolute atomic E-state index is 11.7. The summed E-state index contributed by atoms with van der Waals surface area (Å²) in [7, 11) is 1.72. The van der Waals surface area contributed by atoms with E-state index >= 15 is 0 Å². The first kappa shape index (κ1) is 11.6. The van der Waals surface area contributed by atoms with Crippen LogP contribution in [0.5, 0.6) is 0 Å². The minimum Gasteiger partial charge on any atom is -0.385 e. The van der Waals surface area contributed by atoms with Crippen molar-refractivity contribution in [2.75, 3.05) is 20.3 Å². The molecule has 1 N–H and O–H groups in total. The minimum atomic E-state index is 0.0543. The Hall–Kier alpha value is -0.870. The van der Waals surface area contributed by atoms with Crippen LogP contribution in [0.2, 0.25) is 0 Å². The van der Waals surface area contributed by atoms with Crippen LogP contribution >= 0.6 is 11.3 Å². The van der Waals surface area contributed by atoms with Crippen molar-refractivity contribution in [2.24, 2.45) is 5.41 Å². The van der Waals surface area contributed by atoms with Crippen molar-refractivity contribution in [3.05, 3.63) is 22.4 Å². The van der Waals surface area contributed by atoms with E-state index in [1.165, 1.54) is 24.2 Å². The molecule has 0 bridgehead atoms. The predicted molar refractivity (Wildman–Crippen MR) is 64.8 cm³/mol. The highest BCUT2D eigenvalue weighted by Gasteiger charge is 2.42. The molecule has 1 heterocycles. The second kappa shape index (κ2) is 4.97. The van der Waals surface area contributed by atoms with Crippen LogP contribution in [0.1, 0.15) is 28.9 Å². The van der Waals surface area contributed by atoms with Gasteiger partial charge in [-0.15, -0.1) is 11.3 Å². The van der Waals surface area contributed by atoms with Gasteiger partial charge in [0.1, 0.15) is 0 Å². The largest absolute Gasteiger partial charge is 0.385 e. The summed E-state index contributed by atoms with van der Waals surface area (Å²) in [5.74, 6) is 0.0543. The molecule has 3 nitrogen and oxygen atoms in total. The molecular formula is C12H17NO2S. The van der Waals surface area contributed by atoms with E-state index < -0.39 is 0 Å². The van der Waals surface area contributed by atoms with Crippen molar-refractivity contribution in [3.63, 3.8) is 0 Å². The van der Waals surface area contributed by atoms with Crippen LogP contribution in [-0.4, -0.2) is 26.2 Å². The summed E-state index contributed by atoms with van der Waals surface area (Å²) in [6.45, 7) is 1.57. The smallest absolute Gasteiger partial charge is 0.261 e. The lowest BCUT2D eigenvalue weighted by Gasteiger charge is -2.14. The standard InChI is InChI=1S/C12H17NO2S/c1-15-7-6-12(4-5-12)9-13-11(14)10-3-2-8-16-10/h2-3,8H,4-7,9H2,1H3,(H,13,14). The van der Waals surface area contributed by atoms with Crippen LogP contribution in [0.3, 0.4) is 0 Å². The summed E-state index contributed by atoms with van der Waals surface area (Å²) in [6, 6.07) is 3.76. The summed E-state index contributed by atoms with van der Waals surface area (Å²) in [5.41, 5.74) is 0.322. The third kappa shape index (κ3) is 2.83. The molecule has 1 aliphatic carbocycles. The molecule has 0 atom stereocenters. The lowest BCUT2D eigenvalue weighted by molar-refractivity contribution is 0.0942. The van der Waals surface area contributed by atoms with E-state index in [-0.39, 0.29) is 5.91 Å². The number of rotatable bonds is 6. The molecule has 4 heteroatoms. The molecule has 0 unspecified atom stereocenters. The van der Waals surface area contributed by atoms with E-state index in [1.54, 1.807) is 7.11 Å². The average molecular weight is 239 g/mol. The molecule has 0 saturated heterocycles. The highest BCUT2D eigenvalue weighted by atomic mass is 32.1. The van der Waals surface area contributed by atoms with Crippen molar-refractivity contribution >= 4 is 17.2 Å². The van der Waals surface area contributed by atoms with Crippen molar-refractivity contribution in [1.29, 1.82) is 0 Å². The van der Waals surface area contributed by atoms with Crippen molar-refractivity contribution in [2.45, 2.75) is 19.3 Å². The molecule has 0 spiro atoms. The molecule has 88 valence electrons. The zero-order valence-corrected chi connectivity index (χ0v) is 10.3. The van der Waals surface area contributed by atoms with Gasteiger partial charge in [-0.3, -0.25) is 4.79 Å². The Morgan fingerprint density at radius 1 is 1.62 bits per heavy atom. The number of hydrogen-bond acceptors (Lipinski definition) is 3. The van der Waals surface area contributed by atoms with Gasteiger partial charge in [0.15, 0.2) is 0 Å². The number of amides is 1. The number of nitrogens with one attached hydrogen (secondary N) is 1. The summed E-state index contributed by atoms with van der Waals surface area (Å²) < 4.78 is 5.09. The first-order valence-corrected chi connectivity index (χ1v) is 6.44. The van der Waals surface area contributed by atoms with E-state index in [1.807, 2.05) is 17.5 Å². The van der Waals surface area contributed by atoms with Gasteiger partial charge < -0.3 is 10.1 Å². The fourth-order valence-electron chi connectivity index (χ4n) is 1.77. The zero-order chi connectivity index (χ0) is 11.4. The Balaban J connectivity index is 1.77. The monoisotopic (exact) mass is 239 g/mol. The van der Waals surface area contributed by atoms with Gasteiger partial charge in [-0.05, 0) is 36.1 Å². The molecule has 1 amide bonds. The topological polar surface area (TPSA) is 38.3 Å². The number of carbonyl (C=O) groups is 1. The lowest BCUT2D eigenvalue weighted by Crippen LogP contribution is -2.30. The van der Waals surface area contributed by atoms with Crippen LogP contribution in [-0.2, 0) is 4.74 Å². The summed E-state index contributed by atoms with van der Waals surface area (Å²) in [6.07, 6.45) is 3.47. The second-order valence-corrected chi connectivity index (χ2v) is 5.35. The van der Waals surface area contributed by atoms with Gasteiger partial charge in [-0.25, -0.2) is 0 Å². The van der Waals surface area contributed by atoms with E-state index in [0.717, 1.165) is 24.4 Å². The Labute approximate surface area is 99.8 Å². The molecular weight excluding hydrogens is 222 g/mol. The van der Waals surface area contributed by atoms with Crippen LogP contribution in [0, 0.1) is 5.41 Å². The van der Waals surface area contributed by atoms with Gasteiger partial charge >= 0.3 is 0 Å². The van der Waals surface area contributed by atoms with Crippen LogP contribution in [0.4, 0.5) is 0 Å². The van der Waals surface area contributed by atoms with Crippen LogP contribution in [0.25, 0.3) is 0 Å². The molecule has 1 aromatic heterocycles. The Bertz CT molecular complexity index is 344. The Morgan fingerprint density at radius 3 is 3.00 bits per heavy atom. The number of ether oxygens (including phenoxy) is 1.